The van der Waals surface area contributed by atoms with Crippen molar-refractivity contribution in [2.24, 2.45) is 0 Å². The normalized spacial score (nSPS) is 12.3. The standard InChI is InChI=1S/C43H40AsN5O15S2/c50-25-6-9-28-33(16-25)64-34-17-26(51)7-10-29(34)40(28)27-8-5-24(15-30(27)42(59)60)47-37(54)20-65-14-13-36(53)48-31(43(61)62)11-12-35(52)49-32(41(58)45-18-39(56)57)19-66-21-38(55)46-23-3-1-22(44-63)2-4-23/h1-10,15-17,31-32,50H,11-14,18-21H2,(H,45,58)(H,46,55)(H,47,54)(H,48,53)(H,49,52)(H,56,57)(H,59,60)(H,61,62)/p+1/t31-,32?/m0/s1. The molecule has 10 N–H and O–H groups in total. The molecule has 0 aromatic heterocycles. The van der Waals surface area contributed by atoms with Crippen molar-refractivity contribution in [3.05, 3.63) is 94.6 Å². The predicted octanol–water partition coefficient (Wildman–Crippen LogP) is 0.843. The summed E-state index contributed by atoms with van der Waals surface area (Å²) in [6, 6.07) is 16.3. The molecule has 0 saturated heterocycles. The number of fused-ring (bicyclic) bond motifs is 2. The van der Waals surface area contributed by atoms with Crippen molar-refractivity contribution in [1.29, 1.82) is 0 Å². The summed E-state index contributed by atoms with van der Waals surface area (Å²) >= 11 is 0.837. The fourth-order valence-corrected chi connectivity index (χ4v) is 8.46. The summed E-state index contributed by atoms with van der Waals surface area (Å²) in [5.74, 6) is -7.31. The first kappa shape index (κ1) is 50.0. The molecule has 0 bridgehead atoms. The number of carboxylic acid groups (broad SMARTS) is 3. The zero-order valence-electron chi connectivity index (χ0n) is 34.4. The summed E-state index contributed by atoms with van der Waals surface area (Å²) < 4.78 is 17.5. The third-order valence-electron chi connectivity index (χ3n) is 9.33. The van der Waals surface area contributed by atoms with Gasteiger partial charge < -0.3 is 35.3 Å². The van der Waals surface area contributed by atoms with E-state index in [1.165, 1.54) is 48.5 Å². The summed E-state index contributed by atoms with van der Waals surface area (Å²) in [6.07, 6.45) is -1.02. The Hall–Kier alpha value is -7.03. The van der Waals surface area contributed by atoms with E-state index in [0.29, 0.717) is 26.6 Å². The third kappa shape index (κ3) is 14.5. The number of amides is 4. The van der Waals surface area contributed by atoms with Gasteiger partial charge in [0.05, 0.1) is 5.56 Å². The Bertz CT molecular complexity index is 2730. The van der Waals surface area contributed by atoms with Crippen LogP contribution >= 0.6 is 23.5 Å². The zero-order valence-corrected chi connectivity index (χ0v) is 37.9. The SMILES string of the molecule is O=[As]c1ccc(NC(=O)CSCC(NC(=O)CC[C@H](NC(=O)CCSCC(O)=[NH+]c2ccc(-c3c4ccc(=O)cc-4oc4cc(O)ccc34)c(C(=O)O)c2)C(=O)O)C(=O)NCC(=O)O)cc1. The van der Waals surface area contributed by atoms with Crippen LogP contribution in [-0.2, 0) is 32.5 Å². The molecule has 1 heterocycles. The van der Waals surface area contributed by atoms with Crippen molar-refractivity contribution < 1.29 is 72.2 Å². The Morgan fingerprint density at radius 3 is 2.17 bits per heavy atom. The molecule has 0 fully saturated rings. The van der Waals surface area contributed by atoms with Crippen LogP contribution in [0.5, 0.6) is 5.75 Å². The number of aliphatic carboxylic acids is 2. The van der Waals surface area contributed by atoms with Gasteiger partial charge in [0.2, 0.25) is 11.6 Å². The summed E-state index contributed by atoms with van der Waals surface area (Å²) in [6.45, 7) is -0.747. The number of aliphatic hydroxyl groups excluding tert-OH is 1. The monoisotopic (exact) mass is 1010 g/mol. The number of hydrogen-bond donors (Lipinski definition) is 10. The van der Waals surface area contributed by atoms with Crippen LogP contribution in [-0.4, -0.2) is 130 Å². The summed E-state index contributed by atoms with van der Waals surface area (Å²) in [5.41, 5.74) is 1.53. The van der Waals surface area contributed by atoms with E-state index in [2.05, 4.69) is 26.3 Å². The second-order valence-corrected chi connectivity index (χ2v) is 17.8. The number of rotatable bonds is 23. The molecule has 5 rings (SSSR count). The molecule has 0 spiro atoms. The molecule has 0 saturated carbocycles. The Kier molecular flexibility index (Phi) is 18.0. The van der Waals surface area contributed by atoms with E-state index in [-0.39, 0.29) is 81.1 Å². The summed E-state index contributed by atoms with van der Waals surface area (Å²) in [4.78, 5) is 101. The number of carboxylic acids is 3. The van der Waals surface area contributed by atoms with Crippen molar-refractivity contribution in [2.75, 3.05) is 34.9 Å². The van der Waals surface area contributed by atoms with Gasteiger partial charge in [-0.1, -0.05) is 0 Å². The van der Waals surface area contributed by atoms with Crippen molar-refractivity contribution in [3.63, 3.8) is 0 Å². The first-order valence-corrected chi connectivity index (χ1v) is 23.6. The molecule has 0 radical (unpaired) electrons. The van der Waals surface area contributed by atoms with Crippen LogP contribution in [0.2, 0.25) is 0 Å². The Morgan fingerprint density at radius 2 is 1.47 bits per heavy atom. The van der Waals surface area contributed by atoms with E-state index in [0.717, 1.165) is 23.5 Å². The topological polar surface area (TPSA) is 330 Å². The zero-order chi connectivity index (χ0) is 47.9. The summed E-state index contributed by atoms with van der Waals surface area (Å²) in [7, 11) is 0. The van der Waals surface area contributed by atoms with Crippen LogP contribution in [0.3, 0.4) is 0 Å². The van der Waals surface area contributed by atoms with Gasteiger partial charge in [0.1, 0.15) is 35.4 Å². The van der Waals surface area contributed by atoms with Gasteiger partial charge >= 0.3 is 150 Å². The first-order valence-electron chi connectivity index (χ1n) is 19.6. The van der Waals surface area contributed by atoms with Crippen LogP contribution in [0.4, 0.5) is 11.4 Å². The number of phenols is 1. The molecular formula is C43H41AsN5O15S2+. The number of aliphatic hydroxyl groups is 1. The molecule has 23 heteroatoms. The van der Waals surface area contributed by atoms with Crippen molar-refractivity contribution in [3.8, 4) is 28.2 Å². The average Bonchev–Trinajstić information content (AvgIpc) is 3.27. The average molecular weight is 1010 g/mol. The van der Waals surface area contributed by atoms with E-state index in [1.807, 2.05) is 0 Å². The van der Waals surface area contributed by atoms with Crippen molar-refractivity contribution >= 4 is 113 Å². The number of nitrogens with one attached hydrogen (secondary N) is 5. The molecule has 4 amide bonds. The fraction of sp³-hybridized carbons (Fsp3) is 0.233. The van der Waals surface area contributed by atoms with Crippen LogP contribution in [0.25, 0.3) is 33.4 Å². The van der Waals surface area contributed by atoms with E-state index in [4.69, 9.17) is 9.52 Å². The van der Waals surface area contributed by atoms with Crippen LogP contribution < -0.4 is 36.0 Å². The molecule has 2 aliphatic rings. The number of carbonyl (C=O) groups excluding carboxylic acids is 4. The molecule has 3 aromatic carbocycles. The minimum atomic E-state index is -1.50. The Labute approximate surface area is 388 Å². The number of aromatic carboxylic acids is 1. The van der Waals surface area contributed by atoms with E-state index < -0.39 is 82.3 Å². The first-order chi connectivity index (χ1) is 31.5. The molecule has 20 nitrogen and oxygen atoms in total. The quantitative estimate of drug-likeness (QED) is 0.0143. The van der Waals surface area contributed by atoms with Gasteiger partial charge in [-0.2, -0.15) is 4.99 Å². The van der Waals surface area contributed by atoms with Gasteiger partial charge in [-0.15, -0.1) is 11.8 Å². The Morgan fingerprint density at radius 1 is 0.758 bits per heavy atom. The van der Waals surface area contributed by atoms with E-state index in [1.54, 1.807) is 30.3 Å². The molecule has 3 aromatic rings. The van der Waals surface area contributed by atoms with Gasteiger partial charge in [0, 0.05) is 59.4 Å². The predicted molar refractivity (Wildman–Crippen MR) is 243 cm³/mol. The number of benzene rings is 4. The molecule has 1 aliphatic heterocycles. The van der Waals surface area contributed by atoms with Gasteiger partial charge in [-0.05, 0) is 42.3 Å². The van der Waals surface area contributed by atoms with Gasteiger partial charge in [-0.3, -0.25) is 19.2 Å². The van der Waals surface area contributed by atoms with Gasteiger partial charge in [-0.25, -0.2) is 9.59 Å². The van der Waals surface area contributed by atoms with Crippen LogP contribution in [0.1, 0.15) is 29.6 Å². The van der Waals surface area contributed by atoms with Crippen LogP contribution in [0, 0.1) is 0 Å². The number of aromatic hydroxyl groups is 1. The molecule has 1 aliphatic carbocycles. The fourth-order valence-electron chi connectivity index (χ4n) is 6.31. The maximum absolute atomic E-state index is 12.8. The molecule has 344 valence electrons. The minimum absolute atomic E-state index is 0.0568. The molecular weight excluding hydrogens is 966 g/mol. The van der Waals surface area contributed by atoms with Crippen LogP contribution in [0.15, 0.2) is 88.1 Å². The van der Waals surface area contributed by atoms with Gasteiger partial charge in [0.15, 0.2) is 5.43 Å². The second-order valence-electron chi connectivity index (χ2n) is 14.2. The maximum atomic E-state index is 12.8. The molecule has 1 unspecified atom stereocenters. The van der Waals surface area contributed by atoms with E-state index in [9.17, 15) is 62.5 Å². The number of anilines is 1. The third-order valence-corrected chi connectivity index (χ3v) is 12.4. The summed E-state index contributed by atoms with van der Waals surface area (Å²) in [5, 5.41) is 59.6. The Balaban J connectivity index is 1.12. The second kappa shape index (κ2) is 23.8. The van der Waals surface area contributed by atoms with Gasteiger partial charge in [0.25, 0.3) is 0 Å². The number of carbonyl (C=O) groups is 7. The van der Waals surface area contributed by atoms with E-state index >= 15 is 0 Å². The number of phenolic OH excluding ortho intramolecular Hbond substituents is 1. The molecule has 2 atom stereocenters. The number of thioether (sulfide) groups is 2. The van der Waals surface area contributed by atoms with Crippen molar-refractivity contribution in [1.82, 2.24) is 16.0 Å². The van der Waals surface area contributed by atoms with Crippen molar-refractivity contribution in [2.45, 2.75) is 31.3 Å². The molecule has 66 heavy (non-hydrogen) atoms. The number of hydrogen-bond acceptors (Lipinski definition) is 13.